The van der Waals surface area contributed by atoms with Crippen molar-refractivity contribution in [2.75, 3.05) is 6.61 Å². The van der Waals surface area contributed by atoms with Crippen LogP contribution in [0.3, 0.4) is 0 Å². The Morgan fingerprint density at radius 2 is 2.07 bits per heavy atom. The summed E-state index contributed by atoms with van der Waals surface area (Å²) in [6.45, 7) is 2.17. The predicted molar refractivity (Wildman–Crippen MR) is 50.6 cm³/mol. The van der Waals surface area contributed by atoms with Gasteiger partial charge >= 0.3 is 6.18 Å². The maximum atomic E-state index is 12.3. The van der Waals surface area contributed by atoms with E-state index in [1.54, 1.807) is 13.0 Å². The molecule has 0 bridgehead atoms. The molecular weight excluding hydrogens is 207 g/mol. The lowest BCUT2D eigenvalue weighted by Crippen LogP contribution is -2.28. The molecule has 1 rings (SSSR count). The average molecular weight is 219 g/mol. The van der Waals surface area contributed by atoms with Gasteiger partial charge in [-0.2, -0.15) is 13.2 Å². The van der Waals surface area contributed by atoms with Gasteiger partial charge in [0.15, 0.2) is 0 Å². The highest BCUT2D eigenvalue weighted by Crippen LogP contribution is 2.31. The van der Waals surface area contributed by atoms with Crippen LogP contribution in [0.15, 0.2) is 24.3 Å². The smallest absolute Gasteiger partial charge is 0.407 e. The van der Waals surface area contributed by atoms with Gasteiger partial charge in [-0.25, -0.2) is 0 Å². The SMILES string of the molecule is CCOc1cccc([C@H](N)C(F)(F)F)c1. The van der Waals surface area contributed by atoms with Crippen molar-refractivity contribution in [2.45, 2.75) is 19.1 Å². The third-order valence-electron chi connectivity index (χ3n) is 1.88. The summed E-state index contributed by atoms with van der Waals surface area (Å²) in [5.41, 5.74) is 5.06. The Morgan fingerprint density at radius 3 is 2.60 bits per heavy atom. The van der Waals surface area contributed by atoms with Crippen LogP contribution in [0, 0.1) is 0 Å². The minimum Gasteiger partial charge on any atom is -0.494 e. The Balaban J connectivity index is 2.90. The molecule has 2 nitrogen and oxygen atoms in total. The van der Waals surface area contributed by atoms with Gasteiger partial charge in [-0.05, 0) is 24.6 Å². The minimum atomic E-state index is -4.43. The van der Waals surface area contributed by atoms with Gasteiger partial charge in [0.25, 0.3) is 0 Å². The summed E-state index contributed by atoms with van der Waals surface area (Å²) < 4.78 is 41.9. The Bertz CT molecular complexity index is 325. The molecule has 2 N–H and O–H groups in total. The molecule has 0 radical (unpaired) electrons. The molecule has 0 fully saturated rings. The maximum Gasteiger partial charge on any atom is 0.407 e. The van der Waals surface area contributed by atoms with E-state index in [-0.39, 0.29) is 5.56 Å². The number of hydrogen-bond acceptors (Lipinski definition) is 2. The molecule has 0 amide bonds. The van der Waals surface area contributed by atoms with E-state index in [1.165, 1.54) is 18.2 Å². The zero-order valence-corrected chi connectivity index (χ0v) is 8.21. The number of halogens is 3. The van der Waals surface area contributed by atoms with Crippen molar-refractivity contribution in [2.24, 2.45) is 5.73 Å². The third kappa shape index (κ3) is 3.13. The number of hydrogen-bond donors (Lipinski definition) is 1. The lowest BCUT2D eigenvalue weighted by molar-refractivity contribution is -0.149. The van der Waals surface area contributed by atoms with Crippen molar-refractivity contribution in [3.05, 3.63) is 29.8 Å². The predicted octanol–water partition coefficient (Wildman–Crippen LogP) is 2.65. The fraction of sp³-hybridized carbons (Fsp3) is 0.400. The Labute approximate surface area is 85.8 Å². The molecule has 5 heteroatoms. The monoisotopic (exact) mass is 219 g/mol. The van der Waals surface area contributed by atoms with E-state index in [2.05, 4.69) is 0 Å². The zero-order valence-electron chi connectivity index (χ0n) is 8.21. The van der Waals surface area contributed by atoms with E-state index in [0.29, 0.717) is 12.4 Å². The van der Waals surface area contributed by atoms with Crippen LogP contribution in [0.25, 0.3) is 0 Å². The molecule has 1 atom stereocenters. The number of alkyl halides is 3. The van der Waals surface area contributed by atoms with Crippen molar-refractivity contribution >= 4 is 0 Å². The van der Waals surface area contributed by atoms with Gasteiger partial charge in [-0.3, -0.25) is 0 Å². The van der Waals surface area contributed by atoms with Crippen LogP contribution in [-0.4, -0.2) is 12.8 Å². The molecule has 0 aliphatic carbocycles. The lowest BCUT2D eigenvalue weighted by atomic mass is 10.1. The standard InChI is InChI=1S/C10H12F3NO/c1-2-15-8-5-3-4-7(6-8)9(14)10(11,12)13/h3-6,9H,2,14H2,1H3/t9-/m0/s1. The second-order valence-corrected chi connectivity index (χ2v) is 3.02. The molecule has 15 heavy (non-hydrogen) atoms. The molecule has 0 spiro atoms. The summed E-state index contributed by atoms with van der Waals surface area (Å²) in [5, 5.41) is 0. The summed E-state index contributed by atoms with van der Waals surface area (Å²) in [6, 6.07) is 3.77. The molecule has 0 aliphatic heterocycles. The fourth-order valence-corrected chi connectivity index (χ4v) is 1.15. The Hall–Kier alpha value is -1.23. The van der Waals surface area contributed by atoms with Crippen molar-refractivity contribution in [3.8, 4) is 5.75 Å². The Kier molecular flexibility index (Phi) is 3.57. The molecule has 0 saturated heterocycles. The summed E-state index contributed by atoms with van der Waals surface area (Å²) in [7, 11) is 0. The van der Waals surface area contributed by atoms with Crippen LogP contribution in [0.4, 0.5) is 13.2 Å². The van der Waals surface area contributed by atoms with E-state index >= 15 is 0 Å². The van der Waals surface area contributed by atoms with Crippen LogP contribution in [0.2, 0.25) is 0 Å². The van der Waals surface area contributed by atoms with Crippen LogP contribution in [0.1, 0.15) is 18.5 Å². The maximum absolute atomic E-state index is 12.3. The lowest BCUT2D eigenvalue weighted by Gasteiger charge is -2.16. The number of rotatable bonds is 3. The summed E-state index contributed by atoms with van der Waals surface area (Å²) in [6.07, 6.45) is -4.43. The van der Waals surface area contributed by atoms with Gasteiger partial charge in [-0.1, -0.05) is 12.1 Å². The van der Waals surface area contributed by atoms with Gasteiger partial charge in [0, 0.05) is 0 Å². The molecular formula is C10H12F3NO. The average Bonchev–Trinajstić information content (AvgIpc) is 2.16. The second kappa shape index (κ2) is 4.53. The number of ether oxygens (including phenoxy) is 1. The topological polar surface area (TPSA) is 35.2 Å². The van der Waals surface area contributed by atoms with Crippen LogP contribution < -0.4 is 10.5 Å². The van der Waals surface area contributed by atoms with Gasteiger partial charge in [-0.15, -0.1) is 0 Å². The van der Waals surface area contributed by atoms with Crippen molar-refractivity contribution in [1.82, 2.24) is 0 Å². The molecule has 1 aromatic carbocycles. The van der Waals surface area contributed by atoms with Gasteiger partial charge in [0.2, 0.25) is 0 Å². The first-order valence-corrected chi connectivity index (χ1v) is 4.50. The zero-order chi connectivity index (χ0) is 11.5. The van der Waals surface area contributed by atoms with Gasteiger partial charge in [0.05, 0.1) is 6.61 Å². The molecule has 0 aliphatic rings. The fourth-order valence-electron chi connectivity index (χ4n) is 1.15. The highest BCUT2D eigenvalue weighted by molar-refractivity contribution is 5.31. The summed E-state index contributed by atoms with van der Waals surface area (Å²) in [4.78, 5) is 0. The molecule has 0 unspecified atom stereocenters. The molecule has 1 aromatic rings. The molecule has 0 saturated carbocycles. The minimum absolute atomic E-state index is 0.00782. The Morgan fingerprint density at radius 1 is 1.40 bits per heavy atom. The number of nitrogens with two attached hydrogens (primary N) is 1. The van der Waals surface area contributed by atoms with Crippen molar-refractivity contribution in [3.63, 3.8) is 0 Å². The largest absolute Gasteiger partial charge is 0.494 e. The van der Waals surface area contributed by atoms with Gasteiger partial charge < -0.3 is 10.5 Å². The quantitative estimate of drug-likeness (QED) is 0.848. The van der Waals surface area contributed by atoms with Crippen LogP contribution in [0.5, 0.6) is 5.75 Å². The van der Waals surface area contributed by atoms with E-state index < -0.39 is 12.2 Å². The van der Waals surface area contributed by atoms with E-state index in [9.17, 15) is 13.2 Å². The molecule has 0 aromatic heterocycles. The van der Waals surface area contributed by atoms with Crippen LogP contribution >= 0.6 is 0 Å². The first-order valence-electron chi connectivity index (χ1n) is 4.50. The highest BCUT2D eigenvalue weighted by atomic mass is 19.4. The van der Waals surface area contributed by atoms with Crippen LogP contribution in [-0.2, 0) is 0 Å². The normalized spacial score (nSPS) is 13.7. The van der Waals surface area contributed by atoms with E-state index in [4.69, 9.17) is 10.5 Å². The van der Waals surface area contributed by atoms with E-state index in [1.807, 2.05) is 0 Å². The van der Waals surface area contributed by atoms with Gasteiger partial charge in [0.1, 0.15) is 11.8 Å². The van der Waals surface area contributed by atoms with Crippen molar-refractivity contribution in [1.29, 1.82) is 0 Å². The van der Waals surface area contributed by atoms with E-state index in [0.717, 1.165) is 0 Å². The first-order chi connectivity index (χ1) is 6.95. The number of benzene rings is 1. The second-order valence-electron chi connectivity index (χ2n) is 3.02. The van der Waals surface area contributed by atoms with Crippen molar-refractivity contribution < 1.29 is 17.9 Å². The first kappa shape index (κ1) is 11.8. The molecule has 84 valence electrons. The summed E-state index contributed by atoms with van der Waals surface area (Å²) >= 11 is 0. The third-order valence-corrected chi connectivity index (χ3v) is 1.88. The summed E-state index contributed by atoms with van der Waals surface area (Å²) in [5.74, 6) is 0.398. The highest BCUT2D eigenvalue weighted by Gasteiger charge is 2.37. The molecule has 0 heterocycles.